The molecule has 2 atom stereocenters. The van der Waals surface area contributed by atoms with Crippen LogP contribution in [0.15, 0.2) is 24.3 Å². The second kappa shape index (κ2) is 8.31. The van der Waals surface area contributed by atoms with Crippen molar-refractivity contribution in [2.45, 2.75) is 38.3 Å². The highest BCUT2D eigenvalue weighted by Crippen LogP contribution is 2.18. The number of aliphatic hydroxyl groups excluding tert-OH is 1. The standard InChI is InChI=1S/C18H29N3O2/c1-4-14-7-9-15(10-8-14)17(20(2)3)12-19-18(23)21-11-5-6-16(22)13-21/h7-10,16-17,22H,4-6,11-13H2,1-3H3,(H,19,23). The van der Waals surface area contributed by atoms with E-state index in [2.05, 4.69) is 41.4 Å². The Hall–Kier alpha value is -1.59. The van der Waals surface area contributed by atoms with Gasteiger partial charge in [0, 0.05) is 19.6 Å². The van der Waals surface area contributed by atoms with Crippen LogP contribution in [0.5, 0.6) is 0 Å². The van der Waals surface area contributed by atoms with E-state index >= 15 is 0 Å². The molecule has 5 heteroatoms. The lowest BCUT2D eigenvalue weighted by Crippen LogP contribution is -2.48. The summed E-state index contributed by atoms with van der Waals surface area (Å²) in [6, 6.07) is 8.63. The lowest BCUT2D eigenvalue weighted by atomic mass is 10.0. The van der Waals surface area contributed by atoms with E-state index in [9.17, 15) is 9.90 Å². The van der Waals surface area contributed by atoms with Crippen molar-refractivity contribution in [3.63, 3.8) is 0 Å². The van der Waals surface area contributed by atoms with Crippen LogP contribution in [0.2, 0.25) is 0 Å². The third kappa shape index (κ3) is 4.94. The smallest absolute Gasteiger partial charge is 0.317 e. The third-order valence-electron chi connectivity index (χ3n) is 4.53. The molecule has 1 fully saturated rings. The topological polar surface area (TPSA) is 55.8 Å². The molecule has 1 aromatic carbocycles. The van der Waals surface area contributed by atoms with Crippen LogP contribution >= 0.6 is 0 Å². The molecule has 1 saturated heterocycles. The lowest BCUT2D eigenvalue weighted by molar-refractivity contribution is 0.0836. The number of likely N-dealkylation sites (N-methyl/N-ethyl adjacent to an activating group) is 1. The number of β-amino-alcohol motifs (C(OH)–C–C–N with tert-alkyl or cyclic N) is 1. The van der Waals surface area contributed by atoms with Crippen molar-refractivity contribution in [2.24, 2.45) is 0 Å². The van der Waals surface area contributed by atoms with Gasteiger partial charge in [-0.1, -0.05) is 31.2 Å². The Morgan fingerprint density at radius 3 is 2.65 bits per heavy atom. The van der Waals surface area contributed by atoms with E-state index in [-0.39, 0.29) is 18.2 Å². The normalized spacial score (nSPS) is 19.7. The number of rotatable bonds is 5. The number of nitrogens with zero attached hydrogens (tertiary/aromatic N) is 2. The van der Waals surface area contributed by atoms with Crippen LogP contribution in [0.3, 0.4) is 0 Å². The largest absolute Gasteiger partial charge is 0.391 e. The molecule has 0 saturated carbocycles. The van der Waals surface area contributed by atoms with E-state index in [4.69, 9.17) is 0 Å². The predicted octanol–water partition coefficient (Wildman–Crippen LogP) is 2.02. The zero-order valence-electron chi connectivity index (χ0n) is 14.5. The van der Waals surface area contributed by atoms with Crippen molar-refractivity contribution in [3.8, 4) is 0 Å². The van der Waals surface area contributed by atoms with E-state index < -0.39 is 0 Å². The fourth-order valence-corrected chi connectivity index (χ4v) is 3.01. The number of hydrogen-bond donors (Lipinski definition) is 2. The number of urea groups is 1. The summed E-state index contributed by atoms with van der Waals surface area (Å²) in [5, 5.41) is 12.7. The third-order valence-corrected chi connectivity index (χ3v) is 4.53. The van der Waals surface area contributed by atoms with Crippen LogP contribution in [-0.4, -0.2) is 60.8 Å². The Balaban J connectivity index is 1.95. The van der Waals surface area contributed by atoms with Crippen LogP contribution in [-0.2, 0) is 6.42 Å². The number of likely N-dealkylation sites (tertiary alicyclic amines) is 1. The van der Waals surface area contributed by atoms with E-state index in [1.807, 2.05) is 14.1 Å². The summed E-state index contributed by atoms with van der Waals surface area (Å²) in [7, 11) is 4.05. The number of carbonyl (C=O) groups excluding carboxylic acids is 1. The number of nitrogens with one attached hydrogen (secondary N) is 1. The summed E-state index contributed by atoms with van der Waals surface area (Å²) in [6.07, 6.45) is 2.29. The first kappa shape index (κ1) is 17.8. The van der Waals surface area contributed by atoms with Crippen molar-refractivity contribution in [2.75, 3.05) is 33.7 Å². The number of hydrogen-bond acceptors (Lipinski definition) is 3. The molecule has 0 aliphatic carbocycles. The summed E-state index contributed by atoms with van der Waals surface area (Å²) in [6.45, 7) is 3.86. The molecule has 2 N–H and O–H groups in total. The summed E-state index contributed by atoms with van der Waals surface area (Å²) in [5.41, 5.74) is 2.52. The SMILES string of the molecule is CCc1ccc(C(CNC(=O)N2CCCC(O)C2)N(C)C)cc1. The molecule has 0 spiro atoms. The van der Waals surface area contributed by atoms with E-state index in [1.54, 1.807) is 4.90 Å². The number of aryl methyl sites for hydroxylation is 1. The Morgan fingerprint density at radius 2 is 2.09 bits per heavy atom. The fraction of sp³-hybridized carbons (Fsp3) is 0.611. The summed E-state index contributed by atoms with van der Waals surface area (Å²) >= 11 is 0. The number of piperidine rings is 1. The van der Waals surface area contributed by atoms with Crippen LogP contribution in [0, 0.1) is 0 Å². The Bertz CT molecular complexity index is 501. The molecule has 1 heterocycles. The monoisotopic (exact) mass is 319 g/mol. The van der Waals surface area contributed by atoms with Gasteiger partial charge in [-0.3, -0.25) is 0 Å². The second-order valence-electron chi connectivity index (χ2n) is 6.50. The maximum absolute atomic E-state index is 12.3. The van der Waals surface area contributed by atoms with Crippen molar-refractivity contribution < 1.29 is 9.90 Å². The van der Waals surface area contributed by atoms with Gasteiger partial charge in [0.05, 0.1) is 12.1 Å². The first-order valence-electron chi connectivity index (χ1n) is 8.47. The van der Waals surface area contributed by atoms with Crippen LogP contribution in [0.1, 0.15) is 36.9 Å². The molecule has 0 aromatic heterocycles. The Morgan fingerprint density at radius 1 is 1.39 bits per heavy atom. The zero-order chi connectivity index (χ0) is 16.8. The quantitative estimate of drug-likeness (QED) is 0.873. The molecule has 23 heavy (non-hydrogen) atoms. The highest BCUT2D eigenvalue weighted by molar-refractivity contribution is 5.74. The molecule has 2 unspecified atom stereocenters. The molecular weight excluding hydrogens is 290 g/mol. The van der Waals surface area contributed by atoms with Crippen LogP contribution in [0.25, 0.3) is 0 Å². The van der Waals surface area contributed by atoms with Gasteiger partial charge in [-0.15, -0.1) is 0 Å². The number of benzene rings is 1. The number of amides is 2. The van der Waals surface area contributed by atoms with Gasteiger partial charge in [0.2, 0.25) is 0 Å². The summed E-state index contributed by atoms with van der Waals surface area (Å²) in [4.78, 5) is 16.1. The van der Waals surface area contributed by atoms with Gasteiger partial charge >= 0.3 is 6.03 Å². The van der Waals surface area contributed by atoms with Gasteiger partial charge in [0.15, 0.2) is 0 Å². The first-order chi connectivity index (χ1) is 11.0. The summed E-state index contributed by atoms with van der Waals surface area (Å²) in [5.74, 6) is 0. The molecule has 1 aliphatic heterocycles. The summed E-state index contributed by atoms with van der Waals surface area (Å²) < 4.78 is 0. The Kier molecular flexibility index (Phi) is 6.42. The van der Waals surface area contributed by atoms with Crippen LogP contribution < -0.4 is 5.32 Å². The molecule has 0 bridgehead atoms. The average Bonchev–Trinajstić information content (AvgIpc) is 2.55. The molecule has 5 nitrogen and oxygen atoms in total. The van der Waals surface area contributed by atoms with E-state index in [0.717, 1.165) is 25.8 Å². The maximum atomic E-state index is 12.3. The number of carbonyl (C=O) groups is 1. The number of aliphatic hydroxyl groups is 1. The Labute approximate surface area is 139 Å². The lowest BCUT2D eigenvalue weighted by Gasteiger charge is -2.31. The van der Waals surface area contributed by atoms with Crippen LogP contribution in [0.4, 0.5) is 4.79 Å². The minimum atomic E-state index is -0.388. The van der Waals surface area contributed by atoms with Crippen molar-refractivity contribution in [1.29, 1.82) is 0 Å². The molecule has 2 amide bonds. The predicted molar refractivity (Wildman–Crippen MR) is 92.5 cm³/mol. The second-order valence-corrected chi connectivity index (χ2v) is 6.50. The minimum absolute atomic E-state index is 0.0826. The zero-order valence-corrected chi connectivity index (χ0v) is 14.5. The molecule has 1 aromatic rings. The minimum Gasteiger partial charge on any atom is -0.391 e. The van der Waals surface area contributed by atoms with Gasteiger partial charge in [-0.25, -0.2) is 4.79 Å². The first-order valence-corrected chi connectivity index (χ1v) is 8.47. The van der Waals surface area contributed by atoms with Crippen molar-refractivity contribution in [3.05, 3.63) is 35.4 Å². The molecule has 1 aliphatic rings. The van der Waals surface area contributed by atoms with E-state index in [0.29, 0.717) is 13.1 Å². The van der Waals surface area contributed by atoms with Gasteiger partial charge in [0.25, 0.3) is 0 Å². The molecular formula is C18H29N3O2. The molecule has 128 valence electrons. The van der Waals surface area contributed by atoms with Crippen molar-refractivity contribution >= 4 is 6.03 Å². The van der Waals surface area contributed by atoms with Gasteiger partial charge in [0.1, 0.15) is 0 Å². The molecule has 2 rings (SSSR count). The molecule has 0 radical (unpaired) electrons. The fourth-order valence-electron chi connectivity index (χ4n) is 3.01. The average molecular weight is 319 g/mol. The highest BCUT2D eigenvalue weighted by Gasteiger charge is 2.23. The highest BCUT2D eigenvalue weighted by atomic mass is 16.3. The maximum Gasteiger partial charge on any atom is 0.317 e. The van der Waals surface area contributed by atoms with Gasteiger partial charge < -0.3 is 20.2 Å². The van der Waals surface area contributed by atoms with Gasteiger partial charge in [-0.2, -0.15) is 0 Å². The van der Waals surface area contributed by atoms with E-state index in [1.165, 1.54) is 11.1 Å². The van der Waals surface area contributed by atoms with Gasteiger partial charge in [-0.05, 0) is 44.5 Å². The van der Waals surface area contributed by atoms with Crippen molar-refractivity contribution in [1.82, 2.24) is 15.1 Å².